The van der Waals surface area contributed by atoms with Gasteiger partial charge in [0.2, 0.25) is 0 Å². The second kappa shape index (κ2) is 4.28. The standard InChI is InChI=1S/C12H6BrF3O2S/c13-5-1-2-8-6(3-5)7-4-9(12(14,15)16)19-10(7)11(17)18-8/h1-3,9H,4H2/t9-/m1/s1. The van der Waals surface area contributed by atoms with Gasteiger partial charge in [-0.05, 0) is 30.2 Å². The number of thioether (sulfide) groups is 1. The van der Waals surface area contributed by atoms with Gasteiger partial charge in [0.1, 0.15) is 10.8 Å². The number of alkyl halides is 3. The monoisotopic (exact) mass is 350 g/mol. The molecule has 0 radical (unpaired) electrons. The quantitative estimate of drug-likeness (QED) is 0.669. The molecule has 0 bridgehead atoms. The van der Waals surface area contributed by atoms with Crippen LogP contribution in [0.3, 0.4) is 0 Å². The summed E-state index contributed by atoms with van der Waals surface area (Å²) in [6.07, 6.45) is -4.52. The number of hydrogen-bond donors (Lipinski definition) is 0. The summed E-state index contributed by atoms with van der Waals surface area (Å²) in [4.78, 5) is 11.8. The summed E-state index contributed by atoms with van der Waals surface area (Å²) in [5.74, 6) is 0. The Hall–Kier alpha value is -0.950. The average molecular weight is 351 g/mol. The third kappa shape index (κ3) is 2.18. The van der Waals surface area contributed by atoms with Gasteiger partial charge in [-0.3, -0.25) is 0 Å². The highest BCUT2D eigenvalue weighted by Crippen LogP contribution is 2.45. The molecule has 0 N–H and O–H groups in total. The maximum atomic E-state index is 12.8. The van der Waals surface area contributed by atoms with Crippen LogP contribution in [0.1, 0.15) is 5.56 Å². The third-order valence-corrected chi connectivity index (χ3v) is 4.80. The first-order valence-electron chi connectivity index (χ1n) is 5.35. The summed E-state index contributed by atoms with van der Waals surface area (Å²) in [6, 6.07) is 4.93. The molecule has 19 heavy (non-hydrogen) atoms. The SMILES string of the molecule is O=c1oc2ccc(Br)cc2c2c1S[C@@H](C(F)(F)F)C2. The summed E-state index contributed by atoms with van der Waals surface area (Å²) in [5.41, 5.74) is 0.0526. The van der Waals surface area contributed by atoms with Crippen molar-refractivity contribution in [3.05, 3.63) is 38.7 Å². The molecule has 1 aliphatic heterocycles. The number of rotatable bonds is 0. The summed E-state index contributed by atoms with van der Waals surface area (Å²) >= 11 is 3.81. The zero-order chi connectivity index (χ0) is 13.8. The topological polar surface area (TPSA) is 30.2 Å². The molecule has 1 aromatic heterocycles. The summed E-state index contributed by atoms with van der Waals surface area (Å²) in [7, 11) is 0. The van der Waals surface area contributed by atoms with Gasteiger partial charge < -0.3 is 4.42 Å². The van der Waals surface area contributed by atoms with E-state index in [1.54, 1.807) is 18.2 Å². The van der Waals surface area contributed by atoms with Crippen LogP contribution in [0.4, 0.5) is 13.2 Å². The molecule has 0 aliphatic carbocycles. The van der Waals surface area contributed by atoms with Crippen LogP contribution in [0.25, 0.3) is 11.0 Å². The van der Waals surface area contributed by atoms with Crippen LogP contribution in [0.5, 0.6) is 0 Å². The van der Waals surface area contributed by atoms with Crippen molar-refractivity contribution in [3.8, 4) is 0 Å². The fraction of sp³-hybridized carbons (Fsp3) is 0.250. The Balaban J connectivity index is 2.23. The van der Waals surface area contributed by atoms with E-state index in [1.165, 1.54) is 0 Å². The van der Waals surface area contributed by atoms with Crippen molar-refractivity contribution in [2.75, 3.05) is 0 Å². The van der Waals surface area contributed by atoms with Gasteiger partial charge in [-0.15, -0.1) is 11.8 Å². The number of hydrogen-bond acceptors (Lipinski definition) is 3. The Labute approximate surface area is 118 Å². The molecule has 2 heterocycles. The fourth-order valence-corrected chi connectivity index (χ4v) is 3.60. The van der Waals surface area contributed by atoms with E-state index in [4.69, 9.17) is 4.42 Å². The van der Waals surface area contributed by atoms with Crippen molar-refractivity contribution in [1.29, 1.82) is 0 Å². The highest BCUT2D eigenvalue weighted by atomic mass is 79.9. The maximum absolute atomic E-state index is 12.8. The van der Waals surface area contributed by atoms with E-state index < -0.39 is 17.1 Å². The zero-order valence-corrected chi connectivity index (χ0v) is 11.7. The minimum atomic E-state index is -4.32. The molecule has 1 aliphatic rings. The molecule has 100 valence electrons. The lowest BCUT2D eigenvalue weighted by Gasteiger charge is -2.11. The number of benzene rings is 1. The Kier molecular flexibility index (Phi) is 2.94. The molecule has 0 fully saturated rings. The third-order valence-electron chi connectivity index (χ3n) is 2.94. The largest absolute Gasteiger partial charge is 0.422 e. The molecule has 1 aromatic carbocycles. The summed E-state index contributed by atoms with van der Waals surface area (Å²) in [6.45, 7) is 0. The molecule has 7 heteroatoms. The van der Waals surface area contributed by atoms with Gasteiger partial charge in [0.25, 0.3) is 0 Å². The summed E-state index contributed by atoms with van der Waals surface area (Å²) in [5, 5.41) is -1.02. The Bertz CT molecular complexity index is 723. The van der Waals surface area contributed by atoms with Gasteiger partial charge in [-0.2, -0.15) is 13.2 Å². The van der Waals surface area contributed by atoms with Crippen LogP contribution in [-0.2, 0) is 6.42 Å². The van der Waals surface area contributed by atoms with E-state index in [1.807, 2.05) is 0 Å². The fourth-order valence-electron chi connectivity index (χ4n) is 2.09. The molecule has 0 saturated carbocycles. The van der Waals surface area contributed by atoms with E-state index in [-0.39, 0.29) is 11.3 Å². The smallest absolute Gasteiger partial charge is 0.401 e. The second-order valence-electron chi connectivity index (χ2n) is 4.19. The minimum Gasteiger partial charge on any atom is -0.422 e. The highest BCUT2D eigenvalue weighted by molar-refractivity contribution is 9.10. The predicted molar refractivity (Wildman–Crippen MR) is 69.6 cm³/mol. The van der Waals surface area contributed by atoms with Crippen LogP contribution in [0, 0.1) is 0 Å². The lowest BCUT2D eigenvalue weighted by atomic mass is 10.1. The predicted octanol–water partition coefficient (Wildman–Crippen LogP) is 4.13. The van der Waals surface area contributed by atoms with E-state index in [0.717, 1.165) is 4.47 Å². The van der Waals surface area contributed by atoms with Crippen LogP contribution in [-0.4, -0.2) is 11.4 Å². The lowest BCUT2D eigenvalue weighted by molar-refractivity contribution is -0.127. The van der Waals surface area contributed by atoms with Crippen LogP contribution < -0.4 is 5.63 Å². The van der Waals surface area contributed by atoms with E-state index in [2.05, 4.69) is 15.9 Å². The van der Waals surface area contributed by atoms with Crippen molar-refractivity contribution in [2.24, 2.45) is 0 Å². The zero-order valence-electron chi connectivity index (χ0n) is 9.25. The Morgan fingerprint density at radius 1 is 1.37 bits per heavy atom. The molecule has 2 aromatic rings. The van der Waals surface area contributed by atoms with E-state index in [0.29, 0.717) is 28.3 Å². The summed E-state index contributed by atoms with van der Waals surface area (Å²) < 4.78 is 44.1. The molecule has 0 unspecified atom stereocenters. The van der Waals surface area contributed by atoms with Crippen molar-refractivity contribution in [3.63, 3.8) is 0 Å². The molecule has 2 nitrogen and oxygen atoms in total. The van der Waals surface area contributed by atoms with E-state index in [9.17, 15) is 18.0 Å². The van der Waals surface area contributed by atoms with Crippen molar-refractivity contribution in [1.82, 2.24) is 0 Å². The first-order valence-corrected chi connectivity index (χ1v) is 7.02. The van der Waals surface area contributed by atoms with Gasteiger partial charge in [-0.1, -0.05) is 15.9 Å². The molecular weight excluding hydrogens is 345 g/mol. The molecule has 0 spiro atoms. The van der Waals surface area contributed by atoms with Gasteiger partial charge in [-0.25, -0.2) is 4.79 Å². The lowest BCUT2D eigenvalue weighted by Crippen LogP contribution is -2.24. The molecule has 0 amide bonds. The number of fused-ring (bicyclic) bond motifs is 3. The van der Waals surface area contributed by atoms with Crippen LogP contribution in [0.15, 0.2) is 36.8 Å². The Morgan fingerprint density at radius 3 is 2.79 bits per heavy atom. The van der Waals surface area contributed by atoms with Crippen molar-refractivity contribution in [2.45, 2.75) is 22.7 Å². The first kappa shape index (κ1) is 13.1. The molecule has 1 atom stereocenters. The van der Waals surface area contributed by atoms with Gasteiger partial charge in [0.05, 0.1) is 4.90 Å². The Morgan fingerprint density at radius 2 is 2.11 bits per heavy atom. The first-order chi connectivity index (χ1) is 8.86. The maximum Gasteiger partial charge on any atom is 0.401 e. The van der Waals surface area contributed by atoms with Crippen LogP contribution in [0.2, 0.25) is 0 Å². The second-order valence-corrected chi connectivity index (χ2v) is 6.32. The van der Waals surface area contributed by atoms with E-state index >= 15 is 0 Å². The normalized spacial score (nSPS) is 18.8. The van der Waals surface area contributed by atoms with Gasteiger partial charge in [0.15, 0.2) is 0 Å². The average Bonchev–Trinajstić information content (AvgIpc) is 2.76. The van der Waals surface area contributed by atoms with Crippen molar-refractivity contribution < 1.29 is 17.6 Å². The molecule has 0 saturated heterocycles. The van der Waals surface area contributed by atoms with Crippen molar-refractivity contribution >= 4 is 38.7 Å². The van der Waals surface area contributed by atoms with Gasteiger partial charge >= 0.3 is 11.8 Å². The van der Waals surface area contributed by atoms with Gasteiger partial charge in [0, 0.05) is 9.86 Å². The van der Waals surface area contributed by atoms with Crippen LogP contribution >= 0.6 is 27.7 Å². The highest BCUT2D eigenvalue weighted by Gasteiger charge is 2.45. The number of halogens is 4. The minimum absolute atomic E-state index is 0.0768. The molecule has 3 rings (SSSR count). The molecular formula is C12H6BrF3O2S.